The molecule has 1 aliphatic rings. The predicted molar refractivity (Wildman–Crippen MR) is 85.3 cm³/mol. The van der Waals surface area contributed by atoms with Gasteiger partial charge in [0.1, 0.15) is 0 Å². The first-order valence-electron chi connectivity index (χ1n) is 7.20. The Kier molecular flexibility index (Phi) is 3.96. The highest BCUT2D eigenvalue weighted by molar-refractivity contribution is 7.09. The van der Waals surface area contributed by atoms with E-state index in [4.69, 9.17) is 5.26 Å². The number of nitriles is 1. The molecule has 0 radical (unpaired) electrons. The van der Waals surface area contributed by atoms with E-state index >= 15 is 0 Å². The molecule has 1 unspecified atom stereocenters. The molecule has 0 amide bonds. The lowest BCUT2D eigenvalue weighted by molar-refractivity contribution is 0.199. The van der Waals surface area contributed by atoms with Crippen LogP contribution >= 0.6 is 11.3 Å². The van der Waals surface area contributed by atoms with Crippen LogP contribution in [0.5, 0.6) is 0 Å². The Morgan fingerprint density at radius 1 is 1.43 bits per heavy atom. The zero-order valence-corrected chi connectivity index (χ0v) is 12.8. The summed E-state index contributed by atoms with van der Waals surface area (Å²) in [5.41, 5.74) is 2.55. The highest BCUT2D eigenvalue weighted by Gasteiger charge is 2.31. The van der Waals surface area contributed by atoms with Crippen molar-refractivity contribution in [2.24, 2.45) is 0 Å². The molecule has 1 heterocycles. The van der Waals surface area contributed by atoms with Gasteiger partial charge in [-0.1, -0.05) is 12.1 Å². The minimum atomic E-state index is -0.530. The van der Waals surface area contributed by atoms with E-state index in [1.165, 1.54) is 17.7 Å². The van der Waals surface area contributed by atoms with Crippen LogP contribution in [0.3, 0.4) is 0 Å². The third-order valence-electron chi connectivity index (χ3n) is 3.81. The van der Waals surface area contributed by atoms with E-state index in [-0.39, 0.29) is 0 Å². The molecule has 1 N–H and O–H groups in total. The quantitative estimate of drug-likeness (QED) is 0.912. The zero-order chi connectivity index (χ0) is 14.8. The van der Waals surface area contributed by atoms with E-state index in [1.54, 1.807) is 24.3 Å². The van der Waals surface area contributed by atoms with Crippen molar-refractivity contribution in [1.29, 1.82) is 5.26 Å². The summed E-state index contributed by atoms with van der Waals surface area (Å²) in [4.78, 5) is 3.65. The van der Waals surface area contributed by atoms with Crippen LogP contribution in [0.15, 0.2) is 35.7 Å². The van der Waals surface area contributed by atoms with E-state index in [1.807, 2.05) is 12.1 Å². The minimum Gasteiger partial charge on any atom is -0.389 e. The molecule has 1 atom stereocenters. The first-order valence-corrected chi connectivity index (χ1v) is 8.08. The molecule has 1 aromatic carbocycles. The van der Waals surface area contributed by atoms with Crippen LogP contribution in [0.25, 0.3) is 0 Å². The summed E-state index contributed by atoms with van der Waals surface area (Å²) >= 11 is 1.75. The van der Waals surface area contributed by atoms with Gasteiger partial charge in [-0.2, -0.15) is 5.26 Å². The molecule has 2 aromatic rings. The summed E-state index contributed by atoms with van der Waals surface area (Å²) in [6.45, 7) is 2.62. The van der Waals surface area contributed by atoms with Gasteiger partial charge in [0.15, 0.2) is 0 Å². The van der Waals surface area contributed by atoms with Gasteiger partial charge in [-0.3, -0.25) is 0 Å². The molecule has 4 heteroatoms. The highest BCUT2D eigenvalue weighted by atomic mass is 32.1. The molecule has 0 aliphatic heterocycles. The molecule has 108 valence electrons. The van der Waals surface area contributed by atoms with E-state index in [0.29, 0.717) is 11.6 Å². The van der Waals surface area contributed by atoms with Gasteiger partial charge in [0.2, 0.25) is 0 Å². The molecule has 1 aliphatic carbocycles. The normalized spacial score (nSPS) is 15.5. The fourth-order valence-corrected chi connectivity index (χ4v) is 3.29. The predicted octanol–water partition coefficient (Wildman–Crippen LogP) is 3.84. The van der Waals surface area contributed by atoms with Crippen molar-refractivity contribution in [1.82, 2.24) is 0 Å². The van der Waals surface area contributed by atoms with Gasteiger partial charge < -0.3 is 10.0 Å². The van der Waals surface area contributed by atoms with Crippen molar-refractivity contribution >= 4 is 17.0 Å². The van der Waals surface area contributed by atoms with E-state index in [9.17, 15) is 5.11 Å². The number of rotatable bonds is 5. The van der Waals surface area contributed by atoms with Crippen molar-refractivity contribution in [3.63, 3.8) is 0 Å². The standard InChI is InChI=1S/C17H18N2OS/c1-12(20)16-7-4-13(10-18)9-17(16)19(14-5-6-14)11-15-3-2-8-21-15/h2-4,7-9,12,14,20H,5-6,11H2,1H3. The summed E-state index contributed by atoms with van der Waals surface area (Å²) in [5.74, 6) is 0. The fourth-order valence-electron chi connectivity index (χ4n) is 2.58. The Labute approximate surface area is 129 Å². The molecular formula is C17H18N2OS. The molecular weight excluding hydrogens is 280 g/mol. The summed E-state index contributed by atoms with van der Waals surface area (Å²) in [7, 11) is 0. The fraction of sp³-hybridized carbons (Fsp3) is 0.353. The number of anilines is 1. The van der Waals surface area contributed by atoms with Gasteiger partial charge >= 0.3 is 0 Å². The van der Waals surface area contributed by atoms with Crippen LogP contribution in [0, 0.1) is 11.3 Å². The van der Waals surface area contributed by atoms with E-state index in [0.717, 1.165) is 17.8 Å². The number of thiophene rings is 1. The second kappa shape index (κ2) is 5.88. The first kappa shape index (κ1) is 14.1. The Hall–Kier alpha value is -1.83. The van der Waals surface area contributed by atoms with Gasteiger partial charge in [-0.05, 0) is 43.3 Å². The number of nitrogens with zero attached hydrogens (tertiary/aromatic N) is 2. The average molecular weight is 298 g/mol. The summed E-state index contributed by atoms with van der Waals surface area (Å²) in [5, 5.41) is 21.3. The van der Waals surface area contributed by atoms with Crippen molar-refractivity contribution in [2.45, 2.75) is 38.5 Å². The molecule has 0 saturated heterocycles. The Bertz CT molecular complexity index is 654. The lowest BCUT2D eigenvalue weighted by Gasteiger charge is -2.28. The van der Waals surface area contributed by atoms with Crippen LogP contribution in [0.1, 0.15) is 41.9 Å². The lowest BCUT2D eigenvalue weighted by atomic mass is 10.0. The maximum Gasteiger partial charge on any atom is 0.0992 e. The summed E-state index contributed by atoms with van der Waals surface area (Å²) < 4.78 is 0. The molecule has 1 aromatic heterocycles. The van der Waals surface area contributed by atoms with Gasteiger partial charge in [0.05, 0.1) is 24.3 Å². The van der Waals surface area contributed by atoms with Crippen molar-refractivity contribution in [2.75, 3.05) is 4.90 Å². The van der Waals surface area contributed by atoms with E-state index < -0.39 is 6.10 Å². The number of benzene rings is 1. The Balaban J connectivity index is 1.99. The van der Waals surface area contributed by atoms with Crippen LogP contribution in [-0.2, 0) is 6.54 Å². The minimum absolute atomic E-state index is 0.526. The van der Waals surface area contributed by atoms with E-state index in [2.05, 4.69) is 28.5 Å². The molecule has 3 rings (SSSR count). The molecule has 21 heavy (non-hydrogen) atoms. The second-order valence-electron chi connectivity index (χ2n) is 5.50. The molecule has 1 saturated carbocycles. The molecule has 0 bridgehead atoms. The maximum atomic E-state index is 10.0. The Morgan fingerprint density at radius 2 is 2.24 bits per heavy atom. The number of aliphatic hydroxyl groups excluding tert-OH is 1. The highest BCUT2D eigenvalue weighted by Crippen LogP contribution is 2.37. The third-order valence-corrected chi connectivity index (χ3v) is 4.67. The van der Waals surface area contributed by atoms with Gasteiger partial charge in [-0.15, -0.1) is 11.3 Å². The van der Waals surface area contributed by atoms with Crippen LogP contribution in [-0.4, -0.2) is 11.1 Å². The molecule has 3 nitrogen and oxygen atoms in total. The smallest absolute Gasteiger partial charge is 0.0992 e. The van der Waals surface area contributed by atoms with Crippen LogP contribution in [0.2, 0.25) is 0 Å². The number of aliphatic hydroxyl groups is 1. The SMILES string of the molecule is CC(O)c1ccc(C#N)cc1N(Cc1cccs1)C1CC1. The summed E-state index contributed by atoms with van der Waals surface area (Å²) in [6.07, 6.45) is 1.83. The second-order valence-corrected chi connectivity index (χ2v) is 6.53. The zero-order valence-electron chi connectivity index (χ0n) is 12.0. The van der Waals surface area contributed by atoms with Gasteiger partial charge in [-0.25, -0.2) is 0 Å². The number of hydrogen-bond acceptors (Lipinski definition) is 4. The number of hydrogen-bond donors (Lipinski definition) is 1. The van der Waals surface area contributed by atoms with Crippen molar-refractivity contribution < 1.29 is 5.11 Å². The average Bonchev–Trinajstić information content (AvgIpc) is 3.20. The maximum absolute atomic E-state index is 10.0. The molecule has 0 spiro atoms. The lowest BCUT2D eigenvalue weighted by Crippen LogP contribution is -2.26. The topological polar surface area (TPSA) is 47.3 Å². The van der Waals surface area contributed by atoms with Gasteiger partial charge in [0.25, 0.3) is 0 Å². The van der Waals surface area contributed by atoms with Crippen LogP contribution < -0.4 is 4.90 Å². The summed E-state index contributed by atoms with van der Waals surface area (Å²) in [6, 6.07) is 12.5. The van der Waals surface area contributed by atoms with Gasteiger partial charge in [0, 0.05) is 22.2 Å². The molecule has 1 fully saturated rings. The first-order chi connectivity index (χ1) is 10.2. The van der Waals surface area contributed by atoms with Crippen molar-refractivity contribution in [3.05, 3.63) is 51.7 Å². The van der Waals surface area contributed by atoms with Crippen LogP contribution in [0.4, 0.5) is 5.69 Å². The van der Waals surface area contributed by atoms with Crippen molar-refractivity contribution in [3.8, 4) is 6.07 Å². The monoisotopic (exact) mass is 298 g/mol. The Morgan fingerprint density at radius 3 is 2.81 bits per heavy atom. The third kappa shape index (κ3) is 3.10. The largest absolute Gasteiger partial charge is 0.389 e.